The molecule has 2 heterocycles. The van der Waals surface area contributed by atoms with Crippen molar-refractivity contribution in [2.75, 3.05) is 0 Å². The third kappa shape index (κ3) is 1.54. The van der Waals surface area contributed by atoms with Gasteiger partial charge in [-0.05, 0) is 12.1 Å². The monoisotopic (exact) mass is 245 g/mol. The molecular formula is C12H11N3O3. The fourth-order valence-electron chi connectivity index (χ4n) is 1.89. The fourth-order valence-corrected chi connectivity index (χ4v) is 1.89. The lowest BCUT2D eigenvalue weighted by Crippen LogP contribution is -2.08. The Bertz CT molecular complexity index is 766. The second-order valence-electron chi connectivity index (χ2n) is 4.01. The summed E-state index contributed by atoms with van der Waals surface area (Å²) in [5.74, 6) is 0.113. The first-order valence-electron chi connectivity index (χ1n) is 5.44. The van der Waals surface area contributed by atoms with Crippen LogP contribution in [-0.4, -0.2) is 19.6 Å². The normalized spacial score (nSPS) is 11.2. The third-order valence-corrected chi connectivity index (χ3v) is 2.88. The molecule has 92 valence electrons. The highest BCUT2D eigenvalue weighted by Crippen LogP contribution is 2.22. The van der Waals surface area contributed by atoms with Crippen LogP contribution >= 0.6 is 0 Å². The van der Waals surface area contributed by atoms with Crippen LogP contribution in [0.2, 0.25) is 0 Å². The summed E-state index contributed by atoms with van der Waals surface area (Å²) in [6.07, 6.45) is 1.63. The van der Waals surface area contributed by atoms with Crippen LogP contribution in [0.15, 0.2) is 33.6 Å². The maximum atomic E-state index is 11.4. The number of aromatic amines is 1. The number of aryl methyl sites for hydroxylation is 1. The second-order valence-corrected chi connectivity index (χ2v) is 4.01. The molecule has 0 unspecified atom stereocenters. The maximum Gasteiger partial charge on any atom is 0.419 e. The predicted molar refractivity (Wildman–Crippen MR) is 65.0 cm³/mol. The SMILES string of the molecule is Cn1c(=O)oc2cc(-c3cnc(CO)[nH]3)ccc21. The molecule has 0 aliphatic heterocycles. The Morgan fingerprint density at radius 1 is 1.50 bits per heavy atom. The van der Waals surface area contributed by atoms with Crippen LogP contribution < -0.4 is 5.76 Å². The number of rotatable bonds is 2. The van der Waals surface area contributed by atoms with E-state index in [2.05, 4.69) is 9.97 Å². The molecule has 6 nitrogen and oxygen atoms in total. The van der Waals surface area contributed by atoms with E-state index in [9.17, 15) is 4.79 Å². The van der Waals surface area contributed by atoms with E-state index in [0.29, 0.717) is 11.4 Å². The number of oxazole rings is 1. The highest BCUT2D eigenvalue weighted by atomic mass is 16.4. The van der Waals surface area contributed by atoms with Gasteiger partial charge in [0, 0.05) is 12.6 Å². The second kappa shape index (κ2) is 3.85. The number of nitrogens with zero attached hydrogens (tertiary/aromatic N) is 2. The lowest BCUT2D eigenvalue weighted by molar-refractivity contribution is 0.272. The Kier molecular flexibility index (Phi) is 2.31. The maximum absolute atomic E-state index is 11.4. The standard InChI is InChI=1S/C12H11N3O3/c1-15-9-3-2-7(4-10(9)18-12(15)17)8-5-13-11(6-16)14-8/h2-5,16H,6H2,1H3,(H,13,14). The highest BCUT2D eigenvalue weighted by molar-refractivity contribution is 5.79. The molecule has 0 amide bonds. The summed E-state index contributed by atoms with van der Waals surface area (Å²) in [6, 6.07) is 5.45. The molecule has 0 aliphatic rings. The first-order valence-corrected chi connectivity index (χ1v) is 5.44. The zero-order valence-electron chi connectivity index (χ0n) is 9.67. The number of benzene rings is 1. The molecule has 6 heteroatoms. The van der Waals surface area contributed by atoms with E-state index in [1.807, 2.05) is 12.1 Å². The summed E-state index contributed by atoms with van der Waals surface area (Å²) in [7, 11) is 1.66. The molecule has 0 radical (unpaired) electrons. The van der Waals surface area contributed by atoms with Crippen molar-refractivity contribution in [2.45, 2.75) is 6.61 Å². The van der Waals surface area contributed by atoms with Crippen LogP contribution in [-0.2, 0) is 13.7 Å². The number of nitrogens with one attached hydrogen (secondary N) is 1. The minimum atomic E-state index is -0.386. The summed E-state index contributed by atoms with van der Waals surface area (Å²) < 4.78 is 6.57. The zero-order valence-corrected chi connectivity index (χ0v) is 9.67. The van der Waals surface area contributed by atoms with E-state index in [-0.39, 0.29) is 12.4 Å². The van der Waals surface area contributed by atoms with Gasteiger partial charge in [0.05, 0.1) is 17.4 Å². The van der Waals surface area contributed by atoms with Gasteiger partial charge >= 0.3 is 5.76 Å². The topological polar surface area (TPSA) is 84.1 Å². The molecule has 0 spiro atoms. The van der Waals surface area contributed by atoms with Gasteiger partial charge in [0.1, 0.15) is 12.4 Å². The van der Waals surface area contributed by atoms with Gasteiger partial charge in [-0.2, -0.15) is 0 Å². The number of fused-ring (bicyclic) bond motifs is 1. The van der Waals surface area contributed by atoms with Gasteiger partial charge in [-0.15, -0.1) is 0 Å². The zero-order chi connectivity index (χ0) is 12.7. The van der Waals surface area contributed by atoms with Gasteiger partial charge in [-0.25, -0.2) is 9.78 Å². The molecule has 3 rings (SSSR count). The number of aliphatic hydroxyl groups excluding tert-OH is 1. The summed E-state index contributed by atoms with van der Waals surface area (Å²) in [4.78, 5) is 18.4. The Morgan fingerprint density at radius 3 is 3.06 bits per heavy atom. The molecule has 0 saturated heterocycles. The average Bonchev–Trinajstić information content (AvgIpc) is 2.95. The molecule has 0 aliphatic carbocycles. The van der Waals surface area contributed by atoms with Gasteiger partial charge in [-0.1, -0.05) is 6.07 Å². The van der Waals surface area contributed by atoms with E-state index in [4.69, 9.17) is 9.52 Å². The molecular weight excluding hydrogens is 234 g/mol. The summed E-state index contributed by atoms with van der Waals surface area (Å²) in [6.45, 7) is -0.136. The van der Waals surface area contributed by atoms with Crippen molar-refractivity contribution in [1.82, 2.24) is 14.5 Å². The Labute approximate surface area is 102 Å². The van der Waals surface area contributed by atoms with Gasteiger partial charge in [-0.3, -0.25) is 4.57 Å². The summed E-state index contributed by atoms with van der Waals surface area (Å²) >= 11 is 0. The first kappa shape index (κ1) is 10.8. The van der Waals surface area contributed by atoms with E-state index in [1.165, 1.54) is 4.57 Å². The molecule has 0 fully saturated rings. The predicted octanol–water partition coefficient (Wildman–Crippen LogP) is 1.01. The molecule has 0 bridgehead atoms. The van der Waals surface area contributed by atoms with Crippen LogP contribution in [0.1, 0.15) is 5.82 Å². The van der Waals surface area contributed by atoms with Crippen molar-refractivity contribution in [3.63, 3.8) is 0 Å². The Balaban J connectivity index is 2.16. The summed E-state index contributed by atoms with van der Waals surface area (Å²) in [5.41, 5.74) is 2.89. The molecule has 0 saturated carbocycles. The smallest absolute Gasteiger partial charge is 0.408 e. The molecule has 18 heavy (non-hydrogen) atoms. The van der Waals surface area contributed by atoms with Gasteiger partial charge in [0.25, 0.3) is 0 Å². The lowest BCUT2D eigenvalue weighted by atomic mass is 10.1. The van der Waals surface area contributed by atoms with Crippen molar-refractivity contribution in [1.29, 1.82) is 0 Å². The molecule has 0 atom stereocenters. The number of hydrogen-bond acceptors (Lipinski definition) is 4. The third-order valence-electron chi connectivity index (χ3n) is 2.88. The Hall–Kier alpha value is -2.34. The van der Waals surface area contributed by atoms with E-state index < -0.39 is 0 Å². The summed E-state index contributed by atoms with van der Waals surface area (Å²) in [5, 5.41) is 8.95. The van der Waals surface area contributed by atoms with Crippen molar-refractivity contribution >= 4 is 11.1 Å². The van der Waals surface area contributed by atoms with E-state index in [0.717, 1.165) is 16.8 Å². The number of hydrogen-bond donors (Lipinski definition) is 2. The molecule has 3 aromatic rings. The van der Waals surface area contributed by atoms with Gasteiger partial charge < -0.3 is 14.5 Å². The average molecular weight is 245 g/mol. The van der Waals surface area contributed by atoms with Crippen LogP contribution in [0.5, 0.6) is 0 Å². The minimum Gasteiger partial charge on any atom is -0.408 e. The van der Waals surface area contributed by atoms with Crippen LogP contribution in [0.4, 0.5) is 0 Å². The number of aliphatic hydroxyl groups is 1. The van der Waals surface area contributed by atoms with Crippen molar-refractivity contribution in [3.05, 3.63) is 40.8 Å². The van der Waals surface area contributed by atoms with Gasteiger partial charge in [0.2, 0.25) is 0 Å². The molecule has 2 aromatic heterocycles. The van der Waals surface area contributed by atoms with Crippen LogP contribution in [0.25, 0.3) is 22.4 Å². The Morgan fingerprint density at radius 2 is 2.33 bits per heavy atom. The van der Waals surface area contributed by atoms with Crippen LogP contribution in [0.3, 0.4) is 0 Å². The minimum absolute atomic E-state index is 0.136. The number of aromatic nitrogens is 3. The van der Waals surface area contributed by atoms with Crippen molar-refractivity contribution in [3.8, 4) is 11.3 Å². The highest BCUT2D eigenvalue weighted by Gasteiger charge is 2.08. The van der Waals surface area contributed by atoms with Gasteiger partial charge in [0.15, 0.2) is 5.58 Å². The van der Waals surface area contributed by atoms with E-state index in [1.54, 1.807) is 19.3 Å². The molecule has 2 N–H and O–H groups in total. The number of H-pyrrole nitrogens is 1. The van der Waals surface area contributed by atoms with Crippen molar-refractivity contribution in [2.24, 2.45) is 7.05 Å². The quantitative estimate of drug-likeness (QED) is 0.705. The molecule has 1 aromatic carbocycles. The fraction of sp³-hybridized carbons (Fsp3) is 0.167. The largest absolute Gasteiger partial charge is 0.419 e. The first-order chi connectivity index (χ1) is 8.69. The van der Waals surface area contributed by atoms with Crippen molar-refractivity contribution < 1.29 is 9.52 Å². The lowest BCUT2D eigenvalue weighted by Gasteiger charge is -1.97. The number of imidazole rings is 1. The van der Waals surface area contributed by atoms with E-state index >= 15 is 0 Å². The van der Waals surface area contributed by atoms with Crippen LogP contribution in [0, 0.1) is 0 Å².